The van der Waals surface area contributed by atoms with Gasteiger partial charge in [-0.2, -0.15) is 91.8 Å². The molecule has 24 heteroatoms. The van der Waals surface area contributed by atoms with Gasteiger partial charge >= 0.3 is 42.7 Å². The summed E-state index contributed by atoms with van der Waals surface area (Å²) < 4.78 is 290. The molecule has 40 heavy (non-hydrogen) atoms. The Hall–Kier alpha value is -2.66. The van der Waals surface area contributed by atoms with Crippen molar-refractivity contribution in [1.82, 2.24) is 0 Å². The van der Waals surface area contributed by atoms with Crippen LogP contribution in [0.2, 0.25) is 0 Å². The Kier molecular flexibility index (Phi) is 8.59. The minimum atomic E-state index is -9.15. The molecule has 0 unspecified atom stereocenters. The summed E-state index contributed by atoms with van der Waals surface area (Å²) in [6.45, 7) is 0. The van der Waals surface area contributed by atoms with E-state index in [1.165, 1.54) is 0 Å². The standard InChI is InChI=1S/C16H5F19O4S/c17-10(18,19)7(8(11(20,21)22)39-5-1-3-6(4-2-5)40(36,37)38)9(14(27,28)29,12(23,24)15(30,31)32)13(25,26)16(33,34)35/h1-4H,(H,36,37,38). The number of rotatable bonds is 6. The van der Waals surface area contributed by atoms with E-state index in [9.17, 15) is 91.8 Å². The molecule has 0 aliphatic rings. The van der Waals surface area contributed by atoms with Crippen LogP contribution in [0.5, 0.6) is 5.75 Å². The molecule has 1 aromatic rings. The van der Waals surface area contributed by atoms with Crippen LogP contribution in [-0.2, 0) is 10.1 Å². The summed E-state index contributed by atoms with van der Waals surface area (Å²) in [5.74, 6) is -25.1. The van der Waals surface area contributed by atoms with Gasteiger partial charge in [0.25, 0.3) is 10.1 Å². The quantitative estimate of drug-likeness (QED) is 0.195. The second-order valence-corrected chi connectivity index (χ2v) is 8.56. The van der Waals surface area contributed by atoms with Gasteiger partial charge in [-0.05, 0) is 24.3 Å². The topological polar surface area (TPSA) is 63.6 Å². The van der Waals surface area contributed by atoms with Gasteiger partial charge in [-0.3, -0.25) is 4.55 Å². The molecule has 0 amide bonds. The van der Waals surface area contributed by atoms with Gasteiger partial charge < -0.3 is 4.74 Å². The summed E-state index contributed by atoms with van der Waals surface area (Å²) in [4.78, 5) is -1.37. The van der Waals surface area contributed by atoms with Crippen molar-refractivity contribution in [3.8, 4) is 5.75 Å². The van der Waals surface area contributed by atoms with E-state index in [1.807, 2.05) is 0 Å². The molecule has 4 nitrogen and oxygen atoms in total. The first kappa shape index (κ1) is 35.4. The van der Waals surface area contributed by atoms with Crippen LogP contribution in [-0.4, -0.2) is 55.7 Å². The third kappa shape index (κ3) is 5.86. The average Bonchev–Trinajstić information content (AvgIpc) is 2.65. The molecule has 1 aromatic carbocycles. The number of hydrogen-bond donors (Lipinski definition) is 1. The van der Waals surface area contributed by atoms with Crippen LogP contribution >= 0.6 is 0 Å². The van der Waals surface area contributed by atoms with Crippen molar-refractivity contribution < 1.29 is 101 Å². The Morgan fingerprint density at radius 2 is 0.925 bits per heavy atom. The summed E-state index contributed by atoms with van der Waals surface area (Å²) >= 11 is 0. The van der Waals surface area contributed by atoms with E-state index in [0.717, 1.165) is 0 Å². The molecule has 0 radical (unpaired) electrons. The first-order valence-corrected chi connectivity index (χ1v) is 10.2. The van der Waals surface area contributed by atoms with Crippen LogP contribution in [0.15, 0.2) is 40.5 Å². The van der Waals surface area contributed by atoms with Crippen LogP contribution in [0.4, 0.5) is 83.4 Å². The summed E-state index contributed by atoms with van der Waals surface area (Å²) in [6, 6.07) is -0.918. The van der Waals surface area contributed by atoms with E-state index in [4.69, 9.17) is 4.55 Å². The molecule has 1 N–H and O–H groups in total. The third-order valence-corrected chi connectivity index (χ3v) is 5.43. The minimum absolute atomic E-state index is 0.127. The van der Waals surface area contributed by atoms with Gasteiger partial charge in [0, 0.05) is 0 Å². The predicted molar refractivity (Wildman–Crippen MR) is 86.5 cm³/mol. The zero-order valence-corrected chi connectivity index (χ0v) is 18.4. The van der Waals surface area contributed by atoms with Crippen molar-refractivity contribution >= 4 is 10.1 Å². The second kappa shape index (κ2) is 9.72. The molecule has 0 spiro atoms. The number of ether oxygens (including phenoxy) is 1. The van der Waals surface area contributed by atoms with Crippen molar-refractivity contribution in [2.45, 2.75) is 47.6 Å². The largest absolute Gasteiger partial charge is 0.454 e. The van der Waals surface area contributed by atoms with Crippen LogP contribution in [0, 0.1) is 5.41 Å². The second-order valence-electron chi connectivity index (χ2n) is 7.14. The molecule has 0 atom stereocenters. The highest BCUT2D eigenvalue weighted by molar-refractivity contribution is 7.85. The SMILES string of the molecule is O=S(=O)(O)c1ccc(OC(=C(C(F)(F)F)C(C(F)(F)F)(C(F)(F)C(F)(F)F)C(F)(F)C(F)(F)F)C(F)(F)F)cc1. The van der Waals surface area contributed by atoms with Crippen LogP contribution in [0.1, 0.15) is 0 Å². The Bertz CT molecular complexity index is 1190. The van der Waals surface area contributed by atoms with E-state index in [1.54, 1.807) is 0 Å². The number of halogens is 19. The number of benzene rings is 1. The molecule has 0 aromatic heterocycles. The summed E-state index contributed by atoms with van der Waals surface area (Å²) in [5, 5.41) is 0. The van der Waals surface area contributed by atoms with E-state index < -0.39 is 80.2 Å². The molecule has 0 fully saturated rings. The molecule has 0 saturated heterocycles. The summed E-state index contributed by atoms with van der Waals surface area (Å²) in [7, 11) is -5.30. The lowest BCUT2D eigenvalue weighted by atomic mass is 9.66. The van der Waals surface area contributed by atoms with Gasteiger partial charge in [0.2, 0.25) is 11.2 Å². The molecular formula is C16H5F19O4S. The van der Waals surface area contributed by atoms with Crippen molar-refractivity contribution in [2.75, 3.05) is 0 Å². The maximum absolute atomic E-state index is 14.1. The number of alkyl halides is 19. The van der Waals surface area contributed by atoms with Crippen LogP contribution in [0.3, 0.4) is 0 Å². The zero-order chi connectivity index (χ0) is 32.3. The van der Waals surface area contributed by atoms with Crippen molar-refractivity contribution in [2.24, 2.45) is 5.41 Å². The molecule has 0 saturated carbocycles. The normalized spacial score (nSPS) is 16.1. The summed E-state index contributed by atoms with van der Waals surface area (Å²) in [5.41, 5.74) is -15.1. The first-order valence-electron chi connectivity index (χ1n) is 8.79. The third-order valence-electron chi connectivity index (χ3n) is 4.56. The molecule has 0 aliphatic carbocycles. The van der Waals surface area contributed by atoms with Crippen LogP contribution in [0.25, 0.3) is 0 Å². The Labute approximate surface area is 206 Å². The lowest BCUT2D eigenvalue weighted by Gasteiger charge is -2.48. The fraction of sp³-hybridized carbons (Fsp3) is 0.500. The zero-order valence-electron chi connectivity index (χ0n) is 17.6. The van der Waals surface area contributed by atoms with Crippen molar-refractivity contribution in [3.05, 3.63) is 35.6 Å². The summed E-state index contributed by atoms with van der Waals surface area (Å²) in [6.07, 6.45) is -41.5. The lowest BCUT2D eigenvalue weighted by molar-refractivity contribution is -0.457. The molecule has 232 valence electrons. The predicted octanol–water partition coefficient (Wildman–Crippen LogP) is 7.63. The van der Waals surface area contributed by atoms with E-state index in [-0.39, 0.29) is 24.3 Å². The molecule has 1 rings (SSSR count). The fourth-order valence-electron chi connectivity index (χ4n) is 2.99. The van der Waals surface area contributed by atoms with E-state index in [2.05, 4.69) is 4.74 Å². The first-order chi connectivity index (χ1) is 17.2. The van der Waals surface area contributed by atoms with E-state index in [0.29, 0.717) is 0 Å². The van der Waals surface area contributed by atoms with Gasteiger partial charge in [-0.1, -0.05) is 0 Å². The van der Waals surface area contributed by atoms with E-state index >= 15 is 0 Å². The highest BCUT2D eigenvalue weighted by atomic mass is 32.2. The Balaban J connectivity index is 4.66. The lowest BCUT2D eigenvalue weighted by Crippen LogP contribution is -2.73. The maximum Gasteiger partial charge on any atom is 0.454 e. The average molecular weight is 654 g/mol. The number of allylic oxidation sites excluding steroid dienone is 2. The van der Waals surface area contributed by atoms with Crippen LogP contribution < -0.4 is 4.74 Å². The maximum atomic E-state index is 14.1. The van der Waals surface area contributed by atoms with Gasteiger partial charge in [-0.25, -0.2) is 0 Å². The monoisotopic (exact) mass is 654 g/mol. The Morgan fingerprint density at radius 3 is 1.15 bits per heavy atom. The molecule has 0 bridgehead atoms. The fourth-order valence-corrected chi connectivity index (χ4v) is 3.47. The molecule has 0 heterocycles. The molecule has 0 aliphatic heterocycles. The van der Waals surface area contributed by atoms with Gasteiger partial charge in [0.1, 0.15) is 11.3 Å². The number of hydrogen-bond acceptors (Lipinski definition) is 3. The highest BCUT2D eigenvalue weighted by Crippen LogP contribution is 2.72. The Morgan fingerprint density at radius 1 is 0.575 bits per heavy atom. The van der Waals surface area contributed by atoms with Gasteiger partial charge in [-0.15, -0.1) is 0 Å². The van der Waals surface area contributed by atoms with Crippen molar-refractivity contribution in [3.63, 3.8) is 0 Å². The van der Waals surface area contributed by atoms with Gasteiger partial charge in [0.15, 0.2) is 0 Å². The minimum Gasteiger partial charge on any atom is -0.452 e. The highest BCUT2D eigenvalue weighted by Gasteiger charge is 2.96. The smallest absolute Gasteiger partial charge is 0.452 e. The molecular weight excluding hydrogens is 649 g/mol. The van der Waals surface area contributed by atoms with Crippen molar-refractivity contribution in [1.29, 1.82) is 0 Å². The van der Waals surface area contributed by atoms with Gasteiger partial charge in [0.05, 0.1) is 4.90 Å².